The van der Waals surface area contributed by atoms with Crippen LogP contribution in [0, 0.1) is 27.6 Å². The summed E-state index contributed by atoms with van der Waals surface area (Å²) in [6.07, 6.45) is 20.7. The fourth-order valence-corrected chi connectivity index (χ4v) is 23.9. The van der Waals surface area contributed by atoms with Crippen LogP contribution in [-0.4, -0.2) is 3.21 Å². The standard InChI is InChI=1S/C29H37.C15H14.C5H5.2ClH.Zr/c1-18-25-22-17-19-13-9-10-14-20(19)24(22)21-15-11-12-16-23(21)29(25,8)28(6,7)27(4,5)26(18,2)3;1-3-8-14(9-4-1)12-7-13-15-10-5-2-6-11-15;1-2-4-5-3-1;;;/h9-11,13-15,23H,12,16-17H2,1-8H3;1-6,8-11H,12-13H2;1-5H;2*1H;/q;;;;;+2/p-2. The van der Waals surface area contributed by atoms with E-state index in [1.807, 2.05) is 8.78 Å². The number of halogens is 2. The SMILES string of the molecule is CC12C(=C3Cc4ccccc4C3=C3C=CCCC31)[C](C)([Zr+2](=[C](Cc1ccccc1)Cc1ccccc1)[CH]1C=CC=C1)C(C)(C)C(C)(C)C2(C)C.[Cl-].[Cl-]. The van der Waals surface area contributed by atoms with Crippen molar-refractivity contribution >= 4 is 8.78 Å². The molecule has 8 rings (SSSR count). The molecule has 1 saturated carbocycles. The molecule has 52 heavy (non-hydrogen) atoms. The molecule has 0 amide bonds. The first kappa shape index (κ1) is 39.4. The van der Waals surface area contributed by atoms with E-state index in [1.165, 1.54) is 35.1 Å². The Morgan fingerprint density at radius 2 is 1.23 bits per heavy atom. The van der Waals surface area contributed by atoms with Gasteiger partial charge in [0.25, 0.3) is 0 Å². The number of allylic oxidation sites excluding steroid dienone is 10. The molecule has 0 spiro atoms. The monoisotopic (exact) mass is 804 g/mol. The van der Waals surface area contributed by atoms with Crippen LogP contribution in [0.15, 0.2) is 138 Å². The molecule has 0 N–H and O–H groups in total. The summed E-state index contributed by atoms with van der Waals surface area (Å²) in [7, 11) is 0. The molecule has 270 valence electrons. The van der Waals surface area contributed by atoms with Crippen molar-refractivity contribution in [3.05, 3.63) is 160 Å². The normalized spacial score (nSPS) is 27.0. The molecular weight excluding hydrogens is 751 g/mol. The number of hydrogen-bond acceptors (Lipinski definition) is 0. The van der Waals surface area contributed by atoms with Crippen LogP contribution in [-0.2, 0) is 40.5 Å². The molecule has 5 aliphatic rings. The number of rotatable bonds is 6. The van der Waals surface area contributed by atoms with Crippen LogP contribution in [0.4, 0.5) is 0 Å². The molecule has 3 unspecified atom stereocenters. The van der Waals surface area contributed by atoms with Gasteiger partial charge in [-0.1, -0.05) is 0 Å². The molecule has 3 heteroatoms. The molecule has 0 nitrogen and oxygen atoms in total. The van der Waals surface area contributed by atoms with E-state index >= 15 is 0 Å². The van der Waals surface area contributed by atoms with Crippen molar-refractivity contribution in [3.8, 4) is 0 Å². The molecule has 0 aromatic heterocycles. The summed E-state index contributed by atoms with van der Waals surface area (Å²) in [5.41, 5.74) is 13.0. The summed E-state index contributed by atoms with van der Waals surface area (Å²) in [6.45, 7) is 21.7. The zero-order valence-corrected chi connectivity index (χ0v) is 36.5. The Labute approximate surface area is 334 Å². The molecular formula is C49H56Cl2Zr. The molecule has 3 aromatic rings. The number of benzene rings is 3. The maximum atomic E-state index is 2.85. The Balaban J connectivity index is 0.00000232. The number of fused-ring (bicyclic) bond motifs is 6. The van der Waals surface area contributed by atoms with Crippen molar-refractivity contribution in [1.82, 2.24) is 0 Å². The molecule has 3 aromatic carbocycles. The van der Waals surface area contributed by atoms with Crippen molar-refractivity contribution in [2.45, 2.75) is 94.2 Å². The van der Waals surface area contributed by atoms with Gasteiger partial charge in [-0.25, -0.2) is 0 Å². The Kier molecular flexibility index (Phi) is 10.7. The molecule has 5 aliphatic carbocycles. The summed E-state index contributed by atoms with van der Waals surface area (Å²) in [5, 5.41) is 0. The zero-order chi connectivity index (χ0) is 35.1. The van der Waals surface area contributed by atoms with Gasteiger partial charge in [0.05, 0.1) is 0 Å². The first-order valence-electron chi connectivity index (χ1n) is 19.2. The molecule has 0 aliphatic heterocycles. The second-order valence-corrected chi connectivity index (χ2v) is 25.8. The third kappa shape index (κ3) is 5.41. The maximum absolute atomic E-state index is 2.85. The molecule has 3 atom stereocenters. The largest absolute Gasteiger partial charge is 1.00 e. The molecule has 1 fully saturated rings. The van der Waals surface area contributed by atoms with Crippen molar-refractivity contribution < 1.29 is 46.1 Å². The minimum atomic E-state index is -2.81. The van der Waals surface area contributed by atoms with Crippen LogP contribution in [0.3, 0.4) is 0 Å². The van der Waals surface area contributed by atoms with E-state index in [-0.39, 0.29) is 49.6 Å². The molecule has 0 bridgehead atoms. The van der Waals surface area contributed by atoms with Gasteiger partial charge in [0.2, 0.25) is 0 Å². The summed E-state index contributed by atoms with van der Waals surface area (Å²) in [6, 6.07) is 32.3. The zero-order valence-electron chi connectivity index (χ0n) is 32.5. The van der Waals surface area contributed by atoms with Crippen molar-refractivity contribution in [1.29, 1.82) is 0 Å². The van der Waals surface area contributed by atoms with Gasteiger partial charge in [-0.3, -0.25) is 0 Å². The third-order valence-corrected chi connectivity index (χ3v) is 25.9. The smallest absolute Gasteiger partial charge is 1.00 e. The van der Waals surface area contributed by atoms with Crippen LogP contribution in [0.5, 0.6) is 0 Å². The fraction of sp³-hybridized carbons (Fsp3) is 0.408. The van der Waals surface area contributed by atoms with Gasteiger partial charge < -0.3 is 24.8 Å². The minimum absolute atomic E-state index is 0. The summed E-state index contributed by atoms with van der Waals surface area (Å²) in [4.78, 5) is 0. The quantitative estimate of drug-likeness (QED) is 0.259. The van der Waals surface area contributed by atoms with Crippen molar-refractivity contribution in [2.75, 3.05) is 0 Å². The van der Waals surface area contributed by atoms with Gasteiger partial charge in [-0.15, -0.1) is 0 Å². The van der Waals surface area contributed by atoms with Crippen LogP contribution in [0.25, 0.3) is 5.57 Å². The predicted octanol–water partition coefficient (Wildman–Crippen LogP) is 6.75. The first-order valence-corrected chi connectivity index (χ1v) is 23.1. The second kappa shape index (κ2) is 14.1. The van der Waals surface area contributed by atoms with Gasteiger partial charge in [0.15, 0.2) is 0 Å². The van der Waals surface area contributed by atoms with Crippen molar-refractivity contribution in [2.24, 2.45) is 27.6 Å². The van der Waals surface area contributed by atoms with Gasteiger partial charge in [0.1, 0.15) is 0 Å². The second-order valence-electron chi connectivity index (χ2n) is 17.9. The molecule has 0 saturated heterocycles. The molecule has 0 radical (unpaired) electrons. The number of hydrogen-bond donors (Lipinski definition) is 0. The average molecular weight is 807 g/mol. The first-order chi connectivity index (χ1) is 23.9. The van der Waals surface area contributed by atoms with E-state index in [2.05, 4.69) is 177 Å². The van der Waals surface area contributed by atoms with Crippen LogP contribution in [0.1, 0.15) is 90.5 Å². The van der Waals surface area contributed by atoms with E-state index < -0.39 is 21.3 Å². The van der Waals surface area contributed by atoms with Gasteiger partial charge in [-0.2, -0.15) is 0 Å². The van der Waals surface area contributed by atoms with Gasteiger partial charge in [-0.05, 0) is 0 Å². The summed E-state index contributed by atoms with van der Waals surface area (Å²) in [5.74, 6) is 0.517. The summed E-state index contributed by atoms with van der Waals surface area (Å²) < 4.78 is 2.45. The third-order valence-electron chi connectivity index (χ3n) is 15.8. The van der Waals surface area contributed by atoms with Gasteiger partial charge >= 0.3 is 312 Å². The Morgan fingerprint density at radius 1 is 0.673 bits per heavy atom. The Bertz CT molecular complexity index is 1980. The summed E-state index contributed by atoms with van der Waals surface area (Å²) >= 11 is -2.81. The predicted molar refractivity (Wildman–Crippen MR) is 211 cm³/mol. The molecule has 0 heterocycles. The van der Waals surface area contributed by atoms with Gasteiger partial charge in [0, 0.05) is 0 Å². The van der Waals surface area contributed by atoms with E-state index in [4.69, 9.17) is 0 Å². The minimum Gasteiger partial charge on any atom is -1.00 e. The maximum Gasteiger partial charge on any atom is -1.00 e. The van der Waals surface area contributed by atoms with E-state index in [0.29, 0.717) is 9.54 Å². The van der Waals surface area contributed by atoms with Crippen LogP contribution in [0.2, 0.25) is 6.75 Å². The average Bonchev–Trinajstić information content (AvgIpc) is 3.77. The van der Waals surface area contributed by atoms with Crippen LogP contribution >= 0.6 is 0 Å². The van der Waals surface area contributed by atoms with E-state index in [0.717, 1.165) is 19.3 Å². The topological polar surface area (TPSA) is 0 Å². The fourth-order valence-electron chi connectivity index (χ4n) is 11.9. The van der Waals surface area contributed by atoms with Crippen molar-refractivity contribution in [3.63, 3.8) is 0 Å². The van der Waals surface area contributed by atoms with Crippen LogP contribution < -0.4 is 24.8 Å². The van der Waals surface area contributed by atoms with E-state index in [1.54, 1.807) is 16.7 Å². The Morgan fingerprint density at radius 3 is 1.83 bits per heavy atom. The Hall–Kier alpha value is -2.31. The van der Waals surface area contributed by atoms with E-state index in [9.17, 15) is 0 Å².